The minimum atomic E-state index is -1.92. The molecule has 4 N–H and O–H groups in total. The molecule has 0 aromatic heterocycles. The van der Waals surface area contributed by atoms with E-state index >= 15 is 0 Å². The number of benzene rings is 1. The van der Waals surface area contributed by atoms with E-state index in [0.29, 0.717) is 12.0 Å². The molecule has 1 aromatic carbocycles. The molecular weight excluding hydrogens is 194 g/mol. The van der Waals surface area contributed by atoms with E-state index in [2.05, 4.69) is 5.32 Å². The summed E-state index contributed by atoms with van der Waals surface area (Å²) in [7, 11) is 1.68. The summed E-state index contributed by atoms with van der Waals surface area (Å²) in [5, 5.41) is 31.8. The summed E-state index contributed by atoms with van der Waals surface area (Å²) >= 11 is 0. The number of hydrogen-bond acceptors (Lipinski definition) is 4. The van der Waals surface area contributed by atoms with Gasteiger partial charge in [-0.2, -0.15) is 0 Å². The largest absolute Gasteiger partial charge is 0.508 e. The van der Waals surface area contributed by atoms with Crippen LogP contribution >= 0.6 is 0 Å². The Bertz CT molecular complexity index is 304. The van der Waals surface area contributed by atoms with E-state index in [1.54, 1.807) is 7.05 Å². The second-order valence-electron chi connectivity index (χ2n) is 3.52. The van der Waals surface area contributed by atoms with Gasteiger partial charge in [-0.3, -0.25) is 0 Å². The zero-order valence-corrected chi connectivity index (χ0v) is 8.94. The molecule has 0 aliphatic heterocycles. The minimum Gasteiger partial charge on any atom is -0.508 e. The first-order valence-corrected chi connectivity index (χ1v) is 4.93. The Morgan fingerprint density at radius 2 is 1.80 bits per heavy atom. The summed E-state index contributed by atoms with van der Waals surface area (Å²) in [4.78, 5) is 0. The van der Waals surface area contributed by atoms with Gasteiger partial charge < -0.3 is 20.6 Å². The van der Waals surface area contributed by atoms with Crippen LogP contribution in [0.25, 0.3) is 0 Å². The third kappa shape index (κ3) is 2.47. The molecule has 15 heavy (non-hydrogen) atoms. The quantitative estimate of drug-likeness (QED) is 0.548. The lowest BCUT2D eigenvalue weighted by atomic mass is 9.96. The second-order valence-corrected chi connectivity index (χ2v) is 3.52. The molecule has 1 unspecified atom stereocenters. The van der Waals surface area contributed by atoms with Gasteiger partial charge in [-0.05, 0) is 37.7 Å². The van der Waals surface area contributed by atoms with E-state index in [4.69, 9.17) is 5.11 Å². The summed E-state index contributed by atoms with van der Waals surface area (Å²) in [5.41, 5.74) is 0.363. The molecule has 1 atom stereocenters. The smallest absolute Gasteiger partial charge is 0.205 e. The molecule has 0 spiro atoms. The molecule has 0 heterocycles. The molecule has 0 radical (unpaired) electrons. The van der Waals surface area contributed by atoms with Gasteiger partial charge in [0.2, 0.25) is 5.79 Å². The molecule has 4 nitrogen and oxygen atoms in total. The molecule has 0 bridgehead atoms. The maximum Gasteiger partial charge on any atom is 0.205 e. The van der Waals surface area contributed by atoms with Crippen LogP contribution in [0.15, 0.2) is 24.3 Å². The molecule has 0 fully saturated rings. The van der Waals surface area contributed by atoms with Crippen LogP contribution in [-0.4, -0.2) is 28.4 Å². The maximum absolute atomic E-state index is 9.95. The number of hydrogen-bond donors (Lipinski definition) is 4. The van der Waals surface area contributed by atoms with Gasteiger partial charge in [-0.25, -0.2) is 0 Å². The lowest BCUT2D eigenvalue weighted by Gasteiger charge is -2.30. The Labute approximate surface area is 89.2 Å². The highest BCUT2D eigenvalue weighted by Gasteiger charge is 2.34. The number of nitrogens with one attached hydrogen (secondary N) is 1. The van der Waals surface area contributed by atoms with Crippen molar-refractivity contribution in [2.75, 3.05) is 7.05 Å². The third-order valence-corrected chi connectivity index (χ3v) is 2.53. The van der Waals surface area contributed by atoms with Gasteiger partial charge in [0.25, 0.3) is 0 Å². The van der Waals surface area contributed by atoms with Crippen molar-refractivity contribution in [2.45, 2.75) is 25.2 Å². The van der Waals surface area contributed by atoms with Crippen LogP contribution in [0.5, 0.6) is 5.75 Å². The first-order valence-electron chi connectivity index (χ1n) is 4.93. The van der Waals surface area contributed by atoms with Crippen LogP contribution in [0.3, 0.4) is 0 Å². The number of phenolic OH excluding ortho intramolecular Hbond substituents is 1. The lowest BCUT2D eigenvalue weighted by molar-refractivity contribution is -0.192. The van der Waals surface area contributed by atoms with Crippen LogP contribution < -0.4 is 5.32 Å². The Hall–Kier alpha value is -1.10. The molecule has 0 aliphatic rings. The summed E-state index contributed by atoms with van der Waals surface area (Å²) in [5.74, 6) is -1.82. The molecule has 0 amide bonds. The highest BCUT2D eigenvalue weighted by molar-refractivity contribution is 5.29. The zero-order valence-electron chi connectivity index (χ0n) is 8.94. The van der Waals surface area contributed by atoms with E-state index in [-0.39, 0.29) is 5.75 Å². The van der Waals surface area contributed by atoms with E-state index in [0.717, 1.165) is 0 Å². The Morgan fingerprint density at radius 1 is 1.27 bits per heavy atom. The van der Waals surface area contributed by atoms with Gasteiger partial charge in [0, 0.05) is 5.56 Å². The Balaban J connectivity index is 2.98. The van der Waals surface area contributed by atoms with Crippen LogP contribution in [0, 0.1) is 0 Å². The Kier molecular flexibility index (Phi) is 3.68. The molecule has 0 saturated carbocycles. The predicted molar refractivity (Wildman–Crippen MR) is 57.4 cm³/mol. The number of phenols is 1. The van der Waals surface area contributed by atoms with Gasteiger partial charge >= 0.3 is 0 Å². The molecule has 4 heteroatoms. The first-order chi connectivity index (χ1) is 7.02. The van der Waals surface area contributed by atoms with E-state index in [9.17, 15) is 10.2 Å². The summed E-state index contributed by atoms with van der Waals surface area (Å²) in [6, 6.07) is 5.41. The van der Waals surface area contributed by atoms with Gasteiger partial charge in [0.15, 0.2) is 0 Å². The van der Waals surface area contributed by atoms with Crippen molar-refractivity contribution < 1.29 is 15.3 Å². The normalized spacial score (nSPS) is 13.9. The van der Waals surface area contributed by atoms with E-state index in [1.807, 2.05) is 6.92 Å². The average Bonchev–Trinajstić information content (AvgIpc) is 2.19. The molecule has 0 aliphatic carbocycles. The van der Waals surface area contributed by atoms with Crippen LogP contribution in [0.1, 0.15) is 18.9 Å². The Morgan fingerprint density at radius 3 is 2.20 bits per heavy atom. The SMILES string of the molecule is CCC(NC)C(O)(O)c1ccc(O)cc1. The van der Waals surface area contributed by atoms with Gasteiger partial charge in [0.1, 0.15) is 5.75 Å². The number of likely N-dealkylation sites (N-methyl/N-ethyl adjacent to an activating group) is 1. The first kappa shape index (κ1) is 12.0. The standard InChI is InChI=1S/C11H17NO3/c1-3-10(12-2)11(14,15)8-4-6-9(13)7-5-8/h4-7,10,12-15H,3H2,1-2H3. The zero-order chi connectivity index (χ0) is 11.5. The predicted octanol–water partition coefficient (Wildman–Crippen LogP) is 0.528. The fourth-order valence-corrected chi connectivity index (χ4v) is 1.60. The third-order valence-electron chi connectivity index (χ3n) is 2.53. The average molecular weight is 211 g/mol. The molecule has 1 aromatic rings. The molecule has 0 saturated heterocycles. The molecule has 84 valence electrons. The van der Waals surface area contributed by atoms with E-state index in [1.165, 1.54) is 24.3 Å². The lowest BCUT2D eigenvalue weighted by Crippen LogP contribution is -2.46. The van der Waals surface area contributed by atoms with Gasteiger partial charge in [-0.15, -0.1) is 0 Å². The van der Waals surface area contributed by atoms with Crippen molar-refractivity contribution in [1.29, 1.82) is 0 Å². The van der Waals surface area contributed by atoms with Crippen molar-refractivity contribution in [2.24, 2.45) is 0 Å². The van der Waals surface area contributed by atoms with Gasteiger partial charge in [0.05, 0.1) is 6.04 Å². The van der Waals surface area contributed by atoms with Crippen molar-refractivity contribution in [3.63, 3.8) is 0 Å². The van der Waals surface area contributed by atoms with E-state index < -0.39 is 11.8 Å². The maximum atomic E-state index is 9.95. The van der Waals surface area contributed by atoms with Crippen molar-refractivity contribution >= 4 is 0 Å². The van der Waals surface area contributed by atoms with Crippen LogP contribution in [0.4, 0.5) is 0 Å². The summed E-state index contributed by atoms with van der Waals surface area (Å²) in [6.07, 6.45) is 0.588. The van der Waals surface area contributed by atoms with Crippen molar-refractivity contribution in [1.82, 2.24) is 5.32 Å². The number of rotatable bonds is 4. The highest BCUT2D eigenvalue weighted by atomic mass is 16.5. The number of aromatic hydroxyl groups is 1. The monoisotopic (exact) mass is 211 g/mol. The van der Waals surface area contributed by atoms with Crippen molar-refractivity contribution in [3.05, 3.63) is 29.8 Å². The fraction of sp³-hybridized carbons (Fsp3) is 0.455. The summed E-state index contributed by atoms with van der Waals surface area (Å²) < 4.78 is 0. The second kappa shape index (κ2) is 4.61. The highest BCUT2D eigenvalue weighted by Crippen LogP contribution is 2.25. The molecule has 1 rings (SSSR count). The van der Waals surface area contributed by atoms with Gasteiger partial charge in [-0.1, -0.05) is 6.92 Å². The van der Waals surface area contributed by atoms with Crippen LogP contribution in [0.2, 0.25) is 0 Å². The van der Waals surface area contributed by atoms with Crippen LogP contribution in [-0.2, 0) is 5.79 Å². The fourth-order valence-electron chi connectivity index (χ4n) is 1.60. The minimum absolute atomic E-state index is 0.104. The number of aliphatic hydroxyl groups is 2. The molecular formula is C11H17NO3. The van der Waals surface area contributed by atoms with Crippen molar-refractivity contribution in [3.8, 4) is 5.75 Å². The topological polar surface area (TPSA) is 72.7 Å². The summed E-state index contributed by atoms with van der Waals surface area (Å²) in [6.45, 7) is 1.86.